The molecule has 4 aromatic carbocycles. The van der Waals surface area contributed by atoms with E-state index in [4.69, 9.17) is 4.43 Å². The first-order chi connectivity index (χ1) is 26.7. The molecule has 0 bridgehead atoms. The molecule has 4 rings (SSSR count). The average Bonchev–Trinajstić information content (AvgIpc) is 3.19. The van der Waals surface area contributed by atoms with E-state index in [1.807, 2.05) is 14.1 Å². The number of hydrogen-bond acceptors (Lipinski definition) is 1. The standard InChI is InChI=1S/C24BF20.C10H24NOSi/c26-5-1(6(27)14(35)21(42)13(5)34)25(2-7(28)15(36)22(43)16(37)8(2)29,3-9(30)17(38)23(44)18(39)10(3)31)4-11(32)19(40)24(45)20(41)12(4)33;1-7-13(8-2,9-3)12-10(4)11(5)6/h;7-9H2,1-6H3/q-1;+1. The van der Waals surface area contributed by atoms with Gasteiger partial charge in [0, 0.05) is 0 Å². The van der Waals surface area contributed by atoms with Crippen molar-refractivity contribution in [3.8, 4) is 0 Å². The molecule has 0 saturated carbocycles. The third-order valence-corrected chi connectivity index (χ3v) is 14.2. The van der Waals surface area contributed by atoms with E-state index < -0.39 is 153 Å². The maximum absolute atomic E-state index is 15.4. The predicted octanol–water partition coefficient (Wildman–Crippen LogP) is 8.54. The minimum atomic E-state index is -7.22. The zero-order valence-electron chi connectivity index (χ0n) is 30.1. The summed E-state index contributed by atoms with van der Waals surface area (Å²) < 4.78 is 302. The van der Waals surface area contributed by atoms with E-state index >= 15 is 35.1 Å². The predicted molar refractivity (Wildman–Crippen MR) is 170 cm³/mol. The lowest BCUT2D eigenvalue weighted by Gasteiger charge is -2.44. The second-order valence-electron chi connectivity index (χ2n) is 12.6. The van der Waals surface area contributed by atoms with Crippen LogP contribution in [0.3, 0.4) is 0 Å². The Morgan fingerprint density at radius 1 is 0.362 bits per heavy atom. The lowest BCUT2D eigenvalue weighted by molar-refractivity contribution is -0.472. The van der Waals surface area contributed by atoms with Gasteiger partial charge >= 0.3 is 5.90 Å². The van der Waals surface area contributed by atoms with Gasteiger partial charge in [-0.3, -0.25) is 0 Å². The number of halogens is 20. The average molecular weight is 881 g/mol. The Bertz CT molecular complexity index is 1940. The molecule has 2 nitrogen and oxygen atoms in total. The maximum atomic E-state index is 15.4. The van der Waals surface area contributed by atoms with Gasteiger partial charge in [-0.2, -0.15) is 0 Å². The third kappa shape index (κ3) is 7.28. The van der Waals surface area contributed by atoms with Gasteiger partial charge in [-0.1, -0.05) is 20.8 Å². The van der Waals surface area contributed by atoms with Crippen LogP contribution in [0.4, 0.5) is 87.8 Å². The van der Waals surface area contributed by atoms with E-state index in [1.54, 1.807) is 0 Å². The first kappa shape index (κ1) is 47.6. The topological polar surface area (TPSA) is 12.2 Å². The Kier molecular flexibility index (Phi) is 14.1. The van der Waals surface area contributed by atoms with Gasteiger partial charge in [0.15, 0.2) is 69.8 Å². The summed E-state index contributed by atoms with van der Waals surface area (Å²) in [6.07, 6.45) is -7.22. The molecule has 0 unspecified atom stereocenters. The molecule has 0 aliphatic heterocycles. The zero-order chi connectivity index (χ0) is 44.8. The Hall–Kier alpha value is -4.77. The van der Waals surface area contributed by atoms with Crippen LogP contribution in [0.25, 0.3) is 0 Å². The molecular formula is C34H24BF20NOSi. The molecule has 0 amide bonds. The van der Waals surface area contributed by atoms with Gasteiger partial charge in [-0.05, 0) is 18.1 Å². The lowest BCUT2D eigenvalue weighted by Crippen LogP contribution is -2.81. The summed E-state index contributed by atoms with van der Waals surface area (Å²) >= 11 is 0. The first-order valence-corrected chi connectivity index (χ1v) is 18.7. The van der Waals surface area contributed by atoms with Crippen LogP contribution in [0.15, 0.2) is 0 Å². The van der Waals surface area contributed by atoms with Crippen molar-refractivity contribution >= 4 is 42.2 Å². The molecule has 24 heteroatoms. The molecule has 58 heavy (non-hydrogen) atoms. The van der Waals surface area contributed by atoms with Gasteiger partial charge in [-0.15, -0.1) is 21.9 Å². The van der Waals surface area contributed by atoms with Crippen molar-refractivity contribution in [2.75, 3.05) is 14.1 Å². The number of hydrogen-bond donors (Lipinski definition) is 0. The summed E-state index contributed by atoms with van der Waals surface area (Å²) in [4.78, 5) is 0. The van der Waals surface area contributed by atoms with Gasteiger partial charge in [0.2, 0.25) is 0 Å². The second kappa shape index (κ2) is 17.2. The molecule has 318 valence electrons. The Balaban J connectivity index is 0.000000594. The van der Waals surface area contributed by atoms with Crippen molar-refractivity contribution in [1.82, 2.24) is 0 Å². The molecule has 0 N–H and O–H groups in total. The fourth-order valence-electron chi connectivity index (χ4n) is 6.25. The van der Waals surface area contributed by atoms with Crippen LogP contribution in [-0.4, -0.2) is 39.0 Å². The highest BCUT2D eigenvalue weighted by molar-refractivity contribution is 7.20. The normalized spacial score (nSPS) is 11.8. The van der Waals surface area contributed by atoms with Crippen molar-refractivity contribution in [3.63, 3.8) is 0 Å². The minimum Gasteiger partial charge on any atom is -0.502 e. The SMILES string of the molecule is CC[Si](CC)(CC)OC(C)=[N+](C)C.Fc1c(F)c(F)c([B-](c2c(F)c(F)c(F)c(F)c2F)(c2c(F)c(F)c(F)c(F)c2F)c2c(F)c(F)c(F)c(F)c2F)c(F)c1F. The Labute approximate surface area is 315 Å². The van der Waals surface area contributed by atoms with Gasteiger partial charge in [-0.25, -0.2) is 92.4 Å². The fourth-order valence-corrected chi connectivity index (χ4v) is 8.99. The van der Waals surface area contributed by atoms with Crippen LogP contribution in [-0.2, 0) is 4.43 Å². The van der Waals surface area contributed by atoms with Gasteiger partial charge < -0.3 is 4.43 Å². The molecule has 0 fully saturated rings. The van der Waals surface area contributed by atoms with E-state index in [2.05, 4.69) is 32.3 Å². The van der Waals surface area contributed by atoms with Crippen LogP contribution in [0.5, 0.6) is 0 Å². The van der Waals surface area contributed by atoms with E-state index in [0.717, 1.165) is 5.90 Å². The van der Waals surface area contributed by atoms with Gasteiger partial charge in [0.1, 0.15) is 66.8 Å². The number of benzene rings is 4. The highest BCUT2D eigenvalue weighted by Crippen LogP contribution is 2.31. The maximum Gasteiger partial charge on any atom is 0.319 e. The van der Waals surface area contributed by atoms with Crippen molar-refractivity contribution in [2.24, 2.45) is 0 Å². The molecule has 4 aromatic rings. The molecule has 0 aliphatic carbocycles. The van der Waals surface area contributed by atoms with Crippen LogP contribution in [0, 0.1) is 116 Å². The Morgan fingerprint density at radius 3 is 0.655 bits per heavy atom. The summed E-state index contributed by atoms with van der Waals surface area (Å²) in [7, 11) is 2.65. The molecule has 0 aliphatic rings. The molecular weight excluding hydrogens is 857 g/mol. The second-order valence-corrected chi connectivity index (χ2v) is 17.3. The van der Waals surface area contributed by atoms with Crippen molar-refractivity contribution < 1.29 is 96.8 Å². The summed E-state index contributed by atoms with van der Waals surface area (Å²) in [5.74, 6) is -70.3. The quantitative estimate of drug-likeness (QED) is 0.0329. The summed E-state index contributed by atoms with van der Waals surface area (Å²) in [5, 5.41) is 0. The smallest absolute Gasteiger partial charge is 0.319 e. The fraction of sp³-hybridized carbons (Fsp3) is 0.265. The van der Waals surface area contributed by atoms with E-state index in [1.165, 1.54) is 18.1 Å². The molecule has 0 heterocycles. The monoisotopic (exact) mass is 881 g/mol. The highest BCUT2D eigenvalue weighted by Gasteiger charge is 2.52. The van der Waals surface area contributed by atoms with E-state index in [0.29, 0.717) is 0 Å². The minimum absolute atomic E-state index is 1.07. The van der Waals surface area contributed by atoms with Crippen LogP contribution in [0.1, 0.15) is 27.7 Å². The van der Waals surface area contributed by atoms with E-state index in [-0.39, 0.29) is 0 Å². The molecule has 0 spiro atoms. The largest absolute Gasteiger partial charge is 0.502 e. The number of nitrogens with zero attached hydrogens (tertiary/aromatic N) is 1. The van der Waals surface area contributed by atoms with Crippen molar-refractivity contribution in [1.29, 1.82) is 0 Å². The van der Waals surface area contributed by atoms with Gasteiger partial charge in [0.25, 0.3) is 8.32 Å². The molecule has 0 radical (unpaired) electrons. The molecule has 0 saturated heterocycles. The number of rotatable bonds is 8. The summed E-state index contributed by atoms with van der Waals surface area (Å²) in [6.45, 7) is 8.81. The molecule has 0 atom stereocenters. The highest BCUT2D eigenvalue weighted by atomic mass is 28.4. The van der Waals surface area contributed by atoms with Crippen LogP contribution in [0.2, 0.25) is 18.1 Å². The summed E-state index contributed by atoms with van der Waals surface area (Å²) in [6, 6.07) is 3.64. The van der Waals surface area contributed by atoms with Crippen molar-refractivity contribution in [3.05, 3.63) is 116 Å². The third-order valence-electron chi connectivity index (χ3n) is 9.63. The lowest BCUT2D eigenvalue weighted by atomic mass is 9.12. The van der Waals surface area contributed by atoms with Crippen LogP contribution >= 0.6 is 0 Å². The van der Waals surface area contributed by atoms with Crippen molar-refractivity contribution in [2.45, 2.75) is 45.8 Å². The summed E-state index contributed by atoms with van der Waals surface area (Å²) in [5.41, 5.74) is -14.3. The Morgan fingerprint density at radius 2 is 0.517 bits per heavy atom. The zero-order valence-corrected chi connectivity index (χ0v) is 31.1. The van der Waals surface area contributed by atoms with E-state index in [9.17, 15) is 52.7 Å². The van der Waals surface area contributed by atoms with Gasteiger partial charge in [0.05, 0.1) is 6.92 Å². The molecule has 0 aromatic heterocycles. The first-order valence-electron chi connectivity index (χ1n) is 16.1. The van der Waals surface area contributed by atoms with Crippen LogP contribution < -0.4 is 21.9 Å².